The van der Waals surface area contributed by atoms with Crippen LogP contribution < -0.4 is 5.32 Å². The van der Waals surface area contributed by atoms with Crippen molar-refractivity contribution in [3.8, 4) is 0 Å². The van der Waals surface area contributed by atoms with E-state index in [4.69, 9.17) is 0 Å². The van der Waals surface area contributed by atoms with Gasteiger partial charge in [0.15, 0.2) is 11.5 Å². The van der Waals surface area contributed by atoms with Crippen LogP contribution in [0.4, 0.5) is 4.39 Å². The molecule has 1 saturated heterocycles. The fourth-order valence-corrected chi connectivity index (χ4v) is 2.42. The molecule has 0 atom stereocenters. The van der Waals surface area contributed by atoms with Crippen LogP contribution in [0.3, 0.4) is 0 Å². The number of rotatable bonds is 1. The van der Waals surface area contributed by atoms with E-state index < -0.39 is 0 Å². The number of piperidine rings is 1. The van der Waals surface area contributed by atoms with E-state index in [9.17, 15) is 4.39 Å². The fourth-order valence-electron chi connectivity index (χ4n) is 2.42. The van der Waals surface area contributed by atoms with E-state index in [-0.39, 0.29) is 5.82 Å². The zero-order valence-electron chi connectivity index (χ0n) is 8.99. The van der Waals surface area contributed by atoms with Crippen LogP contribution in [0.15, 0.2) is 24.5 Å². The smallest absolute Gasteiger partial charge is 0.173 e. The number of fused-ring (bicyclic) bond motifs is 1. The largest absolute Gasteiger partial charge is 0.317 e. The summed E-state index contributed by atoms with van der Waals surface area (Å²) < 4.78 is 15.4. The van der Waals surface area contributed by atoms with Crippen molar-refractivity contribution in [1.82, 2.24) is 14.7 Å². The van der Waals surface area contributed by atoms with Crippen LogP contribution in [0, 0.1) is 5.82 Å². The second-order valence-electron chi connectivity index (χ2n) is 4.26. The van der Waals surface area contributed by atoms with E-state index in [0.717, 1.165) is 31.6 Å². The first kappa shape index (κ1) is 9.78. The highest BCUT2D eigenvalue weighted by Crippen LogP contribution is 2.26. The topological polar surface area (TPSA) is 29.3 Å². The van der Waals surface area contributed by atoms with Crippen LogP contribution in [0.1, 0.15) is 24.5 Å². The Morgan fingerprint density at radius 3 is 3.00 bits per heavy atom. The average Bonchev–Trinajstić information content (AvgIpc) is 2.75. The van der Waals surface area contributed by atoms with Gasteiger partial charge in [-0.05, 0) is 38.1 Å². The van der Waals surface area contributed by atoms with Gasteiger partial charge in [0.2, 0.25) is 0 Å². The van der Waals surface area contributed by atoms with Gasteiger partial charge in [-0.15, -0.1) is 0 Å². The van der Waals surface area contributed by atoms with Gasteiger partial charge in [-0.3, -0.25) is 0 Å². The standard InChI is InChI=1S/C12H14FN3/c13-10-2-1-7-16-11(8-15-12(10)16)9-3-5-14-6-4-9/h1-2,7-9,14H,3-6H2. The summed E-state index contributed by atoms with van der Waals surface area (Å²) in [6, 6.07) is 3.18. The van der Waals surface area contributed by atoms with Crippen LogP contribution >= 0.6 is 0 Å². The van der Waals surface area contributed by atoms with Crippen molar-refractivity contribution in [3.05, 3.63) is 36.0 Å². The lowest BCUT2D eigenvalue weighted by Gasteiger charge is -2.22. The maximum absolute atomic E-state index is 13.5. The summed E-state index contributed by atoms with van der Waals surface area (Å²) in [5.74, 6) is 0.251. The van der Waals surface area contributed by atoms with Gasteiger partial charge in [-0.25, -0.2) is 9.37 Å². The number of imidazole rings is 1. The highest BCUT2D eigenvalue weighted by molar-refractivity contribution is 5.42. The molecular weight excluding hydrogens is 205 g/mol. The molecule has 0 amide bonds. The average molecular weight is 219 g/mol. The molecule has 1 N–H and O–H groups in total. The Labute approximate surface area is 93.3 Å². The van der Waals surface area contributed by atoms with E-state index in [0.29, 0.717) is 11.6 Å². The van der Waals surface area contributed by atoms with E-state index in [1.54, 1.807) is 6.07 Å². The molecular formula is C12H14FN3. The predicted molar refractivity (Wildman–Crippen MR) is 60.0 cm³/mol. The third-order valence-electron chi connectivity index (χ3n) is 3.27. The normalized spacial score (nSPS) is 18.1. The van der Waals surface area contributed by atoms with E-state index in [1.807, 2.05) is 16.8 Å². The first-order valence-electron chi connectivity index (χ1n) is 5.68. The third-order valence-corrected chi connectivity index (χ3v) is 3.27. The van der Waals surface area contributed by atoms with Crippen LogP contribution in [0.5, 0.6) is 0 Å². The Hall–Kier alpha value is -1.42. The summed E-state index contributed by atoms with van der Waals surface area (Å²) in [6.07, 6.45) is 5.91. The lowest BCUT2D eigenvalue weighted by atomic mass is 9.95. The van der Waals surface area contributed by atoms with Gasteiger partial charge in [-0.2, -0.15) is 0 Å². The number of hydrogen-bond acceptors (Lipinski definition) is 2. The van der Waals surface area contributed by atoms with Crippen molar-refractivity contribution in [1.29, 1.82) is 0 Å². The molecule has 0 aromatic carbocycles. The summed E-state index contributed by atoms with van der Waals surface area (Å²) in [7, 11) is 0. The molecule has 2 aromatic rings. The number of pyridine rings is 1. The Kier molecular flexibility index (Phi) is 2.36. The van der Waals surface area contributed by atoms with Crippen molar-refractivity contribution in [3.63, 3.8) is 0 Å². The van der Waals surface area contributed by atoms with Crippen LogP contribution in [-0.4, -0.2) is 22.5 Å². The quantitative estimate of drug-likeness (QED) is 0.794. The lowest BCUT2D eigenvalue weighted by Crippen LogP contribution is -2.27. The molecule has 3 nitrogen and oxygen atoms in total. The molecule has 0 saturated carbocycles. The Morgan fingerprint density at radius 2 is 2.19 bits per heavy atom. The highest BCUT2D eigenvalue weighted by Gasteiger charge is 2.19. The second-order valence-corrected chi connectivity index (χ2v) is 4.26. The van der Waals surface area contributed by atoms with Crippen molar-refractivity contribution in [2.75, 3.05) is 13.1 Å². The van der Waals surface area contributed by atoms with Gasteiger partial charge in [0.05, 0.1) is 0 Å². The van der Waals surface area contributed by atoms with E-state index >= 15 is 0 Å². The molecule has 0 spiro atoms. The molecule has 0 bridgehead atoms. The van der Waals surface area contributed by atoms with Crippen molar-refractivity contribution < 1.29 is 4.39 Å². The van der Waals surface area contributed by atoms with Crippen molar-refractivity contribution >= 4 is 5.65 Å². The summed E-state index contributed by atoms with van der Waals surface area (Å²) >= 11 is 0. The molecule has 1 aliphatic rings. The number of hydrogen-bond donors (Lipinski definition) is 1. The minimum Gasteiger partial charge on any atom is -0.317 e. The zero-order valence-corrected chi connectivity index (χ0v) is 8.99. The zero-order chi connectivity index (χ0) is 11.0. The minimum atomic E-state index is -0.248. The molecule has 1 fully saturated rings. The first-order valence-corrected chi connectivity index (χ1v) is 5.68. The van der Waals surface area contributed by atoms with Gasteiger partial charge in [0, 0.05) is 24.0 Å². The highest BCUT2D eigenvalue weighted by atomic mass is 19.1. The maximum Gasteiger partial charge on any atom is 0.173 e. The molecule has 84 valence electrons. The van der Waals surface area contributed by atoms with Gasteiger partial charge >= 0.3 is 0 Å². The van der Waals surface area contributed by atoms with E-state index in [1.165, 1.54) is 6.07 Å². The van der Waals surface area contributed by atoms with E-state index in [2.05, 4.69) is 10.3 Å². The molecule has 0 unspecified atom stereocenters. The van der Waals surface area contributed by atoms with Gasteiger partial charge in [-0.1, -0.05) is 0 Å². The fraction of sp³-hybridized carbons (Fsp3) is 0.417. The van der Waals surface area contributed by atoms with Crippen molar-refractivity contribution in [2.24, 2.45) is 0 Å². The summed E-state index contributed by atoms with van der Waals surface area (Å²) in [5.41, 5.74) is 1.58. The van der Waals surface area contributed by atoms with Gasteiger partial charge in [0.1, 0.15) is 0 Å². The molecule has 0 radical (unpaired) electrons. The molecule has 0 aliphatic carbocycles. The van der Waals surface area contributed by atoms with Crippen LogP contribution in [-0.2, 0) is 0 Å². The molecule has 3 heterocycles. The third kappa shape index (κ3) is 1.50. The Bertz CT molecular complexity index is 500. The second kappa shape index (κ2) is 3.87. The molecule has 2 aromatic heterocycles. The Morgan fingerprint density at radius 1 is 1.38 bits per heavy atom. The molecule has 16 heavy (non-hydrogen) atoms. The lowest BCUT2D eigenvalue weighted by molar-refractivity contribution is 0.451. The van der Waals surface area contributed by atoms with Gasteiger partial charge < -0.3 is 9.72 Å². The molecule has 3 rings (SSSR count). The monoisotopic (exact) mass is 219 g/mol. The number of nitrogens with zero attached hydrogens (tertiary/aromatic N) is 2. The molecule has 1 aliphatic heterocycles. The SMILES string of the molecule is Fc1cccn2c(C3CCNCC3)cnc12. The van der Waals surface area contributed by atoms with Gasteiger partial charge in [0.25, 0.3) is 0 Å². The number of nitrogens with one attached hydrogen (secondary N) is 1. The van der Waals surface area contributed by atoms with Crippen LogP contribution in [0.25, 0.3) is 5.65 Å². The summed E-state index contributed by atoms with van der Waals surface area (Å²) in [6.45, 7) is 2.07. The maximum atomic E-state index is 13.5. The number of halogens is 1. The van der Waals surface area contributed by atoms with Crippen LogP contribution in [0.2, 0.25) is 0 Å². The van der Waals surface area contributed by atoms with Crippen molar-refractivity contribution in [2.45, 2.75) is 18.8 Å². The predicted octanol–water partition coefficient (Wildman–Crippen LogP) is 1.94. The summed E-state index contributed by atoms with van der Waals surface area (Å²) in [5, 5.41) is 3.33. The minimum absolute atomic E-state index is 0.248. The summed E-state index contributed by atoms with van der Waals surface area (Å²) in [4.78, 5) is 4.16. The number of aromatic nitrogens is 2. The first-order chi connectivity index (χ1) is 7.86. The Balaban J connectivity index is 2.06. The molecule has 4 heteroatoms.